The summed E-state index contributed by atoms with van der Waals surface area (Å²) >= 11 is 0. The summed E-state index contributed by atoms with van der Waals surface area (Å²) in [4.78, 5) is 14.3. The van der Waals surface area contributed by atoms with E-state index < -0.39 is 11.6 Å². The van der Waals surface area contributed by atoms with E-state index in [1.165, 1.54) is 6.07 Å². The van der Waals surface area contributed by atoms with E-state index in [-0.39, 0.29) is 16.9 Å². The van der Waals surface area contributed by atoms with Crippen LogP contribution in [0, 0.1) is 17.0 Å². The molecule has 0 aliphatic carbocycles. The van der Waals surface area contributed by atoms with Crippen LogP contribution in [0.4, 0.5) is 8.78 Å². The van der Waals surface area contributed by atoms with Crippen molar-refractivity contribution in [3.63, 3.8) is 0 Å². The summed E-state index contributed by atoms with van der Waals surface area (Å²) in [6.45, 7) is 3.38. The molecule has 1 aromatic carbocycles. The fourth-order valence-corrected chi connectivity index (χ4v) is 3.57. The van der Waals surface area contributed by atoms with Gasteiger partial charge in [-0.1, -0.05) is 0 Å². The molecule has 2 saturated heterocycles. The molecule has 21 heavy (non-hydrogen) atoms. The molecule has 1 amide bonds. The smallest absolute Gasteiger partial charge is 0.253 e. The van der Waals surface area contributed by atoms with Crippen molar-refractivity contribution in [1.82, 2.24) is 10.2 Å². The molecule has 1 aromatic rings. The van der Waals surface area contributed by atoms with Gasteiger partial charge in [0.05, 0.1) is 0 Å². The third kappa shape index (κ3) is 2.93. The second kappa shape index (κ2) is 5.72. The number of rotatable bonds is 1. The number of nitrogens with zero attached hydrogens (tertiary/aromatic N) is 1. The summed E-state index contributed by atoms with van der Waals surface area (Å²) in [6, 6.07) is 3.38. The maximum Gasteiger partial charge on any atom is 0.253 e. The van der Waals surface area contributed by atoms with Crippen molar-refractivity contribution >= 4 is 5.91 Å². The molecule has 2 aliphatic heterocycles. The van der Waals surface area contributed by atoms with Gasteiger partial charge in [0.25, 0.3) is 5.91 Å². The van der Waals surface area contributed by atoms with Crippen molar-refractivity contribution in [2.45, 2.75) is 25.7 Å². The highest BCUT2D eigenvalue weighted by molar-refractivity contribution is 5.94. The minimum atomic E-state index is -0.966. The Morgan fingerprint density at radius 1 is 1.19 bits per heavy atom. The van der Waals surface area contributed by atoms with Gasteiger partial charge in [0, 0.05) is 30.6 Å². The summed E-state index contributed by atoms with van der Waals surface area (Å²) in [7, 11) is 0. The second-order valence-electron chi connectivity index (χ2n) is 6.24. The summed E-state index contributed by atoms with van der Waals surface area (Å²) in [6.07, 6.45) is 4.35. The molecule has 1 atom stereocenters. The van der Waals surface area contributed by atoms with E-state index in [1.54, 1.807) is 4.90 Å². The van der Waals surface area contributed by atoms with Crippen LogP contribution < -0.4 is 5.32 Å². The maximum absolute atomic E-state index is 13.3. The van der Waals surface area contributed by atoms with Gasteiger partial charge in [-0.05, 0) is 50.4 Å². The topological polar surface area (TPSA) is 32.3 Å². The van der Waals surface area contributed by atoms with Crippen LogP contribution in [0.5, 0.6) is 0 Å². The van der Waals surface area contributed by atoms with Gasteiger partial charge in [0.1, 0.15) is 0 Å². The molecule has 1 N–H and O–H groups in total. The molecule has 1 unspecified atom stereocenters. The van der Waals surface area contributed by atoms with E-state index in [4.69, 9.17) is 0 Å². The van der Waals surface area contributed by atoms with Gasteiger partial charge in [-0.2, -0.15) is 0 Å². The predicted octanol–water partition coefficient (Wildman–Crippen LogP) is 2.57. The molecule has 0 bridgehead atoms. The van der Waals surface area contributed by atoms with Crippen molar-refractivity contribution in [3.05, 3.63) is 35.4 Å². The Bertz CT molecular complexity index is 536. The lowest BCUT2D eigenvalue weighted by molar-refractivity contribution is 0.0433. The van der Waals surface area contributed by atoms with E-state index in [1.807, 2.05) is 0 Å². The zero-order valence-electron chi connectivity index (χ0n) is 12.0. The van der Waals surface area contributed by atoms with E-state index in [2.05, 4.69) is 5.32 Å². The lowest BCUT2D eigenvalue weighted by atomic mass is 9.74. The fraction of sp³-hybridized carbons (Fsp3) is 0.562. The zero-order chi connectivity index (χ0) is 14.9. The Morgan fingerprint density at radius 3 is 2.71 bits per heavy atom. The molecule has 2 fully saturated rings. The van der Waals surface area contributed by atoms with E-state index in [0.717, 1.165) is 50.9 Å². The number of halogens is 2. The number of hydrogen-bond donors (Lipinski definition) is 1. The molecule has 2 aliphatic rings. The highest BCUT2D eigenvalue weighted by atomic mass is 19.2. The number of amides is 1. The zero-order valence-corrected chi connectivity index (χ0v) is 12.0. The molecule has 0 radical (unpaired) electrons. The molecular formula is C16H20F2N2O. The first-order valence-electron chi connectivity index (χ1n) is 7.55. The van der Waals surface area contributed by atoms with Crippen molar-refractivity contribution in [2.75, 3.05) is 26.2 Å². The van der Waals surface area contributed by atoms with Crippen LogP contribution in [0.25, 0.3) is 0 Å². The standard InChI is InChI=1S/C16H20F2N2O/c17-13-4-3-12(9-14(13)18)15(21)20-8-2-6-16(11-20)5-1-7-19-10-16/h3-4,9,19H,1-2,5-8,10-11H2. The Balaban J connectivity index is 1.76. The quantitative estimate of drug-likeness (QED) is 0.863. The first-order chi connectivity index (χ1) is 10.1. The van der Waals surface area contributed by atoms with Crippen LogP contribution >= 0.6 is 0 Å². The minimum absolute atomic E-state index is 0.157. The molecule has 0 aromatic heterocycles. The summed E-state index contributed by atoms with van der Waals surface area (Å²) in [5, 5.41) is 3.41. The molecular weight excluding hydrogens is 274 g/mol. The number of carbonyl (C=O) groups excluding carboxylic acids is 1. The average Bonchev–Trinajstić information content (AvgIpc) is 2.50. The van der Waals surface area contributed by atoms with Crippen LogP contribution in [0.2, 0.25) is 0 Å². The normalized spacial score (nSPS) is 26.1. The van der Waals surface area contributed by atoms with Gasteiger partial charge in [0.2, 0.25) is 0 Å². The van der Waals surface area contributed by atoms with Crippen molar-refractivity contribution in [1.29, 1.82) is 0 Å². The van der Waals surface area contributed by atoms with Crippen molar-refractivity contribution in [3.8, 4) is 0 Å². The minimum Gasteiger partial charge on any atom is -0.338 e. The van der Waals surface area contributed by atoms with Crippen molar-refractivity contribution in [2.24, 2.45) is 5.41 Å². The predicted molar refractivity (Wildman–Crippen MR) is 76.0 cm³/mol. The van der Waals surface area contributed by atoms with Crippen LogP contribution in [0.3, 0.4) is 0 Å². The fourth-order valence-electron chi connectivity index (χ4n) is 3.57. The Hall–Kier alpha value is -1.49. The number of nitrogens with one attached hydrogen (secondary N) is 1. The number of likely N-dealkylation sites (tertiary alicyclic amines) is 1. The highest BCUT2D eigenvalue weighted by Crippen LogP contribution is 2.36. The first-order valence-corrected chi connectivity index (χ1v) is 7.55. The van der Waals surface area contributed by atoms with Gasteiger partial charge < -0.3 is 10.2 Å². The second-order valence-corrected chi connectivity index (χ2v) is 6.24. The third-order valence-electron chi connectivity index (χ3n) is 4.68. The Labute approximate surface area is 123 Å². The summed E-state index contributed by atoms with van der Waals surface area (Å²) in [5.74, 6) is -2.08. The van der Waals surface area contributed by atoms with Crippen LogP contribution in [0.15, 0.2) is 18.2 Å². The number of benzene rings is 1. The van der Waals surface area contributed by atoms with Crippen LogP contribution in [0.1, 0.15) is 36.0 Å². The largest absolute Gasteiger partial charge is 0.338 e. The molecule has 114 valence electrons. The molecule has 2 heterocycles. The van der Waals surface area contributed by atoms with Crippen LogP contribution in [-0.4, -0.2) is 37.0 Å². The molecule has 0 saturated carbocycles. The number of carbonyl (C=O) groups is 1. The molecule has 1 spiro atoms. The van der Waals surface area contributed by atoms with Gasteiger partial charge in [-0.25, -0.2) is 8.78 Å². The van der Waals surface area contributed by atoms with Gasteiger partial charge in [-0.15, -0.1) is 0 Å². The van der Waals surface area contributed by atoms with E-state index in [0.29, 0.717) is 13.1 Å². The van der Waals surface area contributed by atoms with E-state index >= 15 is 0 Å². The first kappa shape index (κ1) is 14.4. The van der Waals surface area contributed by atoms with Gasteiger partial charge in [0.15, 0.2) is 11.6 Å². The monoisotopic (exact) mass is 294 g/mol. The van der Waals surface area contributed by atoms with E-state index in [9.17, 15) is 13.6 Å². The Morgan fingerprint density at radius 2 is 2.00 bits per heavy atom. The maximum atomic E-state index is 13.3. The molecule has 3 nitrogen and oxygen atoms in total. The molecule has 3 rings (SSSR count). The average molecular weight is 294 g/mol. The number of piperidine rings is 2. The highest BCUT2D eigenvalue weighted by Gasteiger charge is 2.38. The summed E-state index contributed by atoms with van der Waals surface area (Å²) in [5.41, 5.74) is 0.389. The summed E-state index contributed by atoms with van der Waals surface area (Å²) < 4.78 is 26.3. The third-order valence-corrected chi connectivity index (χ3v) is 4.68. The van der Waals surface area contributed by atoms with Crippen molar-refractivity contribution < 1.29 is 13.6 Å². The van der Waals surface area contributed by atoms with Gasteiger partial charge in [-0.3, -0.25) is 4.79 Å². The number of hydrogen-bond acceptors (Lipinski definition) is 2. The Kier molecular flexibility index (Phi) is 3.93. The van der Waals surface area contributed by atoms with Crippen LogP contribution in [-0.2, 0) is 0 Å². The lowest BCUT2D eigenvalue weighted by Crippen LogP contribution is -2.52. The SMILES string of the molecule is O=C(c1ccc(F)c(F)c1)N1CCCC2(CCCNC2)C1. The lowest BCUT2D eigenvalue weighted by Gasteiger charge is -2.45. The molecule has 5 heteroatoms. The van der Waals surface area contributed by atoms with Gasteiger partial charge >= 0.3 is 0 Å².